The summed E-state index contributed by atoms with van der Waals surface area (Å²) in [7, 11) is 1.42. The molecule has 0 aromatic heterocycles. The molecular formula is C15H24ClN3O4S. The van der Waals surface area contributed by atoms with Gasteiger partial charge in [-0.1, -0.05) is 11.6 Å². The fourth-order valence-corrected chi connectivity index (χ4v) is 3.45. The highest BCUT2D eigenvalue weighted by atomic mass is 35.5. The first-order valence-corrected chi connectivity index (χ1v) is 9.27. The highest BCUT2D eigenvalue weighted by Crippen LogP contribution is 2.26. The van der Waals surface area contributed by atoms with E-state index >= 15 is 0 Å². The highest BCUT2D eigenvalue weighted by Gasteiger charge is 2.20. The lowest BCUT2D eigenvalue weighted by Crippen LogP contribution is -2.40. The third-order valence-electron chi connectivity index (χ3n) is 3.35. The first-order valence-electron chi connectivity index (χ1n) is 7.41. The summed E-state index contributed by atoms with van der Waals surface area (Å²) >= 11 is 5.87. The number of likely N-dealkylation sites (N-methyl/N-ethyl adjacent to an activating group) is 1. The number of halogens is 1. The van der Waals surface area contributed by atoms with Gasteiger partial charge in [-0.2, -0.15) is 0 Å². The van der Waals surface area contributed by atoms with E-state index in [1.165, 1.54) is 26.2 Å². The quantitative estimate of drug-likeness (QED) is 0.695. The number of hydrogen-bond donors (Lipinski definition) is 1. The van der Waals surface area contributed by atoms with E-state index in [1.807, 2.05) is 19.0 Å². The molecule has 1 aromatic rings. The Kier molecular flexibility index (Phi) is 7.95. The topological polar surface area (TPSA) is 79.0 Å². The number of benzene rings is 1. The minimum absolute atomic E-state index is 0.0276. The summed E-state index contributed by atoms with van der Waals surface area (Å²) in [4.78, 5) is 15.1. The summed E-state index contributed by atoms with van der Waals surface area (Å²) in [5, 5.41) is 0.299. The van der Waals surface area contributed by atoms with Gasteiger partial charge in [-0.25, -0.2) is 13.1 Å². The zero-order valence-electron chi connectivity index (χ0n) is 14.4. The van der Waals surface area contributed by atoms with Crippen LogP contribution in [0.25, 0.3) is 0 Å². The molecule has 1 N–H and O–H groups in total. The number of carbonyl (C=O) groups excluding carboxylic acids is 1. The van der Waals surface area contributed by atoms with Crippen LogP contribution in [0, 0.1) is 0 Å². The summed E-state index contributed by atoms with van der Waals surface area (Å²) in [6.07, 6.45) is 0. The van der Waals surface area contributed by atoms with Gasteiger partial charge in [0.15, 0.2) is 0 Å². The molecular weight excluding hydrogens is 354 g/mol. The fraction of sp³-hybridized carbons (Fsp3) is 0.533. The molecule has 0 saturated heterocycles. The highest BCUT2D eigenvalue weighted by molar-refractivity contribution is 7.89. The predicted molar refractivity (Wildman–Crippen MR) is 94.0 cm³/mol. The van der Waals surface area contributed by atoms with Gasteiger partial charge >= 0.3 is 0 Å². The van der Waals surface area contributed by atoms with Crippen LogP contribution in [-0.2, 0) is 14.8 Å². The number of methoxy groups -OCH3 is 1. The van der Waals surface area contributed by atoms with Crippen LogP contribution in [0.15, 0.2) is 23.1 Å². The van der Waals surface area contributed by atoms with Crippen LogP contribution in [0.2, 0.25) is 5.02 Å². The lowest BCUT2D eigenvalue weighted by molar-refractivity contribution is -0.128. The number of amides is 1. The molecule has 0 radical (unpaired) electrons. The largest absolute Gasteiger partial charge is 0.495 e. The van der Waals surface area contributed by atoms with Gasteiger partial charge in [0, 0.05) is 38.1 Å². The maximum atomic E-state index is 12.4. The minimum atomic E-state index is -3.79. The summed E-state index contributed by atoms with van der Waals surface area (Å²) in [6, 6.07) is 4.38. The third-order valence-corrected chi connectivity index (χ3v) is 5.07. The number of carbonyl (C=O) groups is 1. The summed E-state index contributed by atoms with van der Waals surface area (Å²) in [6.45, 7) is 3.08. The maximum Gasteiger partial charge on any atom is 0.244 e. The van der Waals surface area contributed by atoms with Crippen molar-refractivity contribution in [3.8, 4) is 5.75 Å². The van der Waals surface area contributed by atoms with Crippen molar-refractivity contribution in [2.75, 3.05) is 47.4 Å². The molecule has 0 bridgehead atoms. The number of rotatable bonds is 9. The SMILES string of the molecule is COc1ccc(Cl)cc1S(=O)(=O)NCCN(CCN(C)C)C(C)=O. The van der Waals surface area contributed by atoms with E-state index in [9.17, 15) is 13.2 Å². The van der Waals surface area contributed by atoms with Crippen molar-refractivity contribution in [3.63, 3.8) is 0 Å². The van der Waals surface area contributed by atoms with Crippen molar-refractivity contribution in [2.24, 2.45) is 0 Å². The number of nitrogens with zero attached hydrogens (tertiary/aromatic N) is 2. The van der Waals surface area contributed by atoms with Crippen molar-refractivity contribution in [1.82, 2.24) is 14.5 Å². The first-order chi connectivity index (χ1) is 11.2. The molecule has 0 aliphatic rings. The minimum Gasteiger partial charge on any atom is -0.495 e. The Morgan fingerprint density at radius 1 is 1.25 bits per heavy atom. The molecule has 7 nitrogen and oxygen atoms in total. The first kappa shape index (κ1) is 20.7. The van der Waals surface area contributed by atoms with Crippen molar-refractivity contribution < 1.29 is 17.9 Å². The van der Waals surface area contributed by atoms with Crippen LogP contribution in [-0.4, -0.2) is 71.5 Å². The van der Waals surface area contributed by atoms with Gasteiger partial charge in [-0.15, -0.1) is 0 Å². The van der Waals surface area contributed by atoms with E-state index in [1.54, 1.807) is 11.0 Å². The second-order valence-electron chi connectivity index (χ2n) is 5.50. The van der Waals surface area contributed by atoms with Gasteiger partial charge < -0.3 is 14.5 Å². The average molecular weight is 378 g/mol. The molecule has 0 aliphatic heterocycles. The standard InChI is InChI=1S/C15H24ClN3O4S/c1-12(20)19(10-9-18(2)3)8-7-17-24(21,22)15-11-13(16)5-6-14(15)23-4/h5-6,11,17H,7-10H2,1-4H3. The number of ether oxygens (including phenoxy) is 1. The van der Waals surface area contributed by atoms with Crippen LogP contribution >= 0.6 is 11.6 Å². The second kappa shape index (κ2) is 9.22. The molecule has 1 amide bonds. The average Bonchev–Trinajstić information content (AvgIpc) is 2.49. The molecule has 1 rings (SSSR count). The molecule has 136 valence electrons. The van der Waals surface area contributed by atoms with E-state index in [4.69, 9.17) is 16.3 Å². The lowest BCUT2D eigenvalue weighted by atomic mass is 10.3. The summed E-state index contributed by atoms with van der Waals surface area (Å²) in [5.74, 6) is 0.110. The Hall–Kier alpha value is -1.35. The fourth-order valence-electron chi connectivity index (χ4n) is 2.00. The molecule has 1 aromatic carbocycles. The van der Waals surface area contributed by atoms with Crippen LogP contribution in [0.3, 0.4) is 0 Å². The normalized spacial score (nSPS) is 11.6. The summed E-state index contributed by atoms with van der Waals surface area (Å²) < 4.78 is 32.4. The lowest BCUT2D eigenvalue weighted by Gasteiger charge is -2.23. The summed E-state index contributed by atoms with van der Waals surface area (Å²) in [5.41, 5.74) is 0. The second-order valence-corrected chi connectivity index (χ2v) is 7.67. The number of hydrogen-bond acceptors (Lipinski definition) is 5. The van der Waals surface area contributed by atoms with Crippen LogP contribution in [0.5, 0.6) is 5.75 Å². The van der Waals surface area contributed by atoms with E-state index in [-0.39, 0.29) is 29.6 Å². The molecule has 0 heterocycles. The van der Waals surface area contributed by atoms with Crippen molar-refractivity contribution in [2.45, 2.75) is 11.8 Å². The number of sulfonamides is 1. The van der Waals surface area contributed by atoms with Crippen LogP contribution in [0.4, 0.5) is 0 Å². The van der Waals surface area contributed by atoms with E-state index in [2.05, 4.69) is 4.72 Å². The van der Waals surface area contributed by atoms with Crippen molar-refractivity contribution in [3.05, 3.63) is 23.2 Å². The molecule has 0 atom stereocenters. The number of nitrogens with one attached hydrogen (secondary N) is 1. The molecule has 0 saturated carbocycles. The molecule has 0 unspecified atom stereocenters. The Morgan fingerprint density at radius 2 is 1.92 bits per heavy atom. The Balaban J connectivity index is 2.74. The van der Waals surface area contributed by atoms with Gasteiger partial charge in [0.1, 0.15) is 10.6 Å². The maximum absolute atomic E-state index is 12.4. The smallest absolute Gasteiger partial charge is 0.244 e. The van der Waals surface area contributed by atoms with E-state index in [0.717, 1.165) is 0 Å². The Bertz CT molecular complexity index is 665. The Labute approximate surface area is 148 Å². The monoisotopic (exact) mass is 377 g/mol. The zero-order valence-corrected chi connectivity index (χ0v) is 15.9. The molecule has 0 spiro atoms. The van der Waals surface area contributed by atoms with Crippen molar-refractivity contribution >= 4 is 27.5 Å². The van der Waals surface area contributed by atoms with Crippen molar-refractivity contribution in [1.29, 1.82) is 0 Å². The molecule has 9 heteroatoms. The predicted octanol–water partition coefficient (Wildman–Crippen LogP) is 1.04. The van der Waals surface area contributed by atoms with Gasteiger partial charge in [0.2, 0.25) is 15.9 Å². The van der Waals surface area contributed by atoms with Gasteiger partial charge in [-0.05, 0) is 32.3 Å². The van der Waals surface area contributed by atoms with Crippen LogP contribution in [0.1, 0.15) is 6.92 Å². The van der Waals surface area contributed by atoms with E-state index < -0.39 is 10.0 Å². The third kappa shape index (κ3) is 6.27. The molecule has 0 aliphatic carbocycles. The van der Waals surface area contributed by atoms with Gasteiger partial charge in [0.25, 0.3) is 0 Å². The van der Waals surface area contributed by atoms with Crippen LogP contribution < -0.4 is 9.46 Å². The van der Waals surface area contributed by atoms with E-state index in [0.29, 0.717) is 18.1 Å². The van der Waals surface area contributed by atoms with Gasteiger partial charge in [0.05, 0.1) is 7.11 Å². The zero-order chi connectivity index (χ0) is 18.3. The molecule has 0 fully saturated rings. The Morgan fingerprint density at radius 3 is 2.46 bits per heavy atom. The molecule has 24 heavy (non-hydrogen) atoms. The van der Waals surface area contributed by atoms with Gasteiger partial charge in [-0.3, -0.25) is 4.79 Å².